The predicted octanol–water partition coefficient (Wildman–Crippen LogP) is 6.68. The number of nitrogens with zero attached hydrogens (tertiary/aromatic N) is 1. The molecule has 0 fully saturated rings. The molecule has 1 heterocycles. The number of benzene rings is 1. The second-order valence-corrected chi connectivity index (χ2v) is 8.18. The van der Waals surface area contributed by atoms with Crippen molar-refractivity contribution in [3.63, 3.8) is 0 Å². The SMILES string of the molecule is CC(=O)O.Cc1nc(-c2ccc(C(F)(F)F)cc2)oc1CCOC1C=CCC2=C(/C=C\1)CCC2. The molecule has 0 amide bonds. The summed E-state index contributed by atoms with van der Waals surface area (Å²) >= 11 is 0. The fourth-order valence-corrected chi connectivity index (χ4v) is 3.87. The minimum atomic E-state index is -4.36. The van der Waals surface area contributed by atoms with Crippen molar-refractivity contribution in [2.75, 3.05) is 6.61 Å². The first-order valence-electron chi connectivity index (χ1n) is 11.1. The minimum absolute atomic E-state index is 0.0720. The summed E-state index contributed by atoms with van der Waals surface area (Å²) in [5, 5.41) is 7.42. The summed E-state index contributed by atoms with van der Waals surface area (Å²) in [4.78, 5) is 13.4. The molecule has 0 spiro atoms. The Morgan fingerprint density at radius 1 is 1.21 bits per heavy atom. The Kier molecular flexibility index (Phi) is 8.50. The van der Waals surface area contributed by atoms with Crippen LogP contribution in [0.25, 0.3) is 11.5 Å². The van der Waals surface area contributed by atoms with E-state index in [1.54, 1.807) is 0 Å². The van der Waals surface area contributed by atoms with Gasteiger partial charge in [0.05, 0.1) is 24.0 Å². The van der Waals surface area contributed by atoms with E-state index in [0.717, 1.165) is 37.6 Å². The Balaban J connectivity index is 0.000000751. The summed E-state index contributed by atoms with van der Waals surface area (Å²) in [6.45, 7) is 3.38. The number of allylic oxidation sites excluding steroid dienone is 4. The standard InChI is InChI=1S/C24H24F3NO2.C2H4O2/c1-16-22(30-23(28-16)19-8-11-20(12-9-19)24(25,26)27)14-15-29-21-7-3-6-17-4-2-5-18(17)10-13-21;1-2(3)4/h3,7-13,21H,2,4-6,14-15H2,1H3;1H3,(H,3,4)/b7-3?,13-10-;. The summed E-state index contributed by atoms with van der Waals surface area (Å²) in [6.07, 6.45) is 9.24. The highest BCUT2D eigenvalue weighted by molar-refractivity contribution is 5.63. The first-order chi connectivity index (χ1) is 16.1. The summed E-state index contributed by atoms with van der Waals surface area (Å²) in [7, 11) is 0. The van der Waals surface area contributed by atoms with Gasteiger partial charge >= 0.3 is 6.18 Å². The third-order valence-corrected chi connectivity index (χ3v) is 5.55. The van der Waals surface area contributed by atoms with Crippen LogP contribution in [0.2, 0.25) is 0 Å². The number of carboxylic acid groups (broad SMARTS) is 1. The van der Waals surface area contributed by atoms with Gasteiger partial charge in [-0.25, -0.2) is 4.98 Å². The first kappa shape index (κ1) is 25.5. The summed E-state index contributed by atoms with van der Waals surface area (Å²) in [6, 6.07) is 4.83. The fourth-order valence-electron chi connectivity index (χ4n) is 3.87. The molecule has 0 saturated heterocycles. The van der Waals surface area contributed by atoms with Gasteiger partial charge in [-0.3, -0.25) is 4.79 Å². The second kappa shape index (κ2) is 11.3. The van der Waals surface area contributed by atoms with Crippen molar-refractivity contribution in [1.82, 2.24) is 4.98 Å². The number of carbonyl (C=O) groups is 1. The molecular weight excluding hydrogens is 447 g/mol. The molecule has 1 atom stereocenters. The minimum Gasteiger partial charge on any atom is -0.481 e. The normalized spacial score (nSPS) is 18.6. The number of carboxylic acids is 1. The lowest BCUT2D eigenvalue weighted by molar-refractivity contribution is -0.137. The number of aliphatic carboxylic acids is 1. The Morgan fingerprint density at radius 2 is 1.91 bits per heavy atom. The zero-order valence-corrected chi connectivity index (χ0v) is 19.2. The number of ether oxygens (including phenoxy) is 1. The summed E-state index contributed by atoms with van der Waals surface area (Å²) in [5.74, 6) is 0.173. The van der Waals surface area contributed by atoms with Crippen molar-refractivity contribution in [3.05, 3.63) is 76.7 Å². The van der Waals surface area contributed by atoms with Gasteiger partial charge in [-0.2, -0.15) is 13.2 Å². The molecule has 2 aliphatic rings. The number of hydrogen-bond donors (Lipinski definition) is 1. The van der Waals surface area contributed by atoms with Crippen LogP contribution in [-0.2, 0) is 22.1 Å². The molecule has 1 aromatic carbocycles. The molecule has 4 rings (SSSR count). The van der Waals surface area contributed by atoms with Crippen molar-refractivity contribution in [3.8, 4) is 11.5 Å². The lowest BCUT2D eigenvalue weighted by Gasteiger charge is -2.12. The van der Waals surface area contributed by atoms with E-state index in [2.05, 4.69) is 29.3 Å². The van der Waals surface area contributed by atoms with Crippen LogP contribution in [-0.4, -0.2) is 28.8 Å². The van der Waals surface area contributed by atoms with E-state index in [1.165, 1.54) is 36.1 Å². The van der Waals surface area contributed by atoms with Gasteiger partial charge in [-0.1, -0.05) is 29.9 Å². The van der Waals surface area contributed by atoms with E-state index >= 15 is 0 Å². The summed E-state index contributed by atoms with van der Waals surface area (Å²) in [5.41, 5.74) is 3.53. The fraction of sp³-hybridized carbons (Fsp3) is 0.385. The molecule has 0 saturated carbocycles. The predicted molar refractivity (Wildman–Crippen MR) is 122 cm³/mol. The van der Waals surface area contributed by atoms with Crippen LogP contribution in [0.1, 0.15) is 49.6 Å². The molecule has 0 aliphatic heterocycles. The third-order valence-electron chi connectivity index (χ3n) is 5.55. The van der Waals surface area contributed by atoms with E-state index < -0.39 is 17.7 Å². The van der Waals surface area contributed by atoms with E-state index in [4.69, 9.17) is 19.1 Å². The molecule has 182 valence electrons. The average molecular weight is 476 g/mol. The molecule has 1 N–H and O–H groups in total. The van der Waals surface area contributed by atoms with Gasteiger partial charge in [0.2, 0.25) is 5.89 Å². The zero-order chi connectivity index (χ0) is 24.7. The van der Waals surface area contributed by atoms with Crippen LogP contribution < -0.4 is 0 Å². The number of aromatic nitrogens is 1. The number of aryl methyl sites for hydroxylation is 1. The van der Waals surface area contributed by atoms with Crippen molar-refractivity contribution in [2.24, 2.45) is 0 Å². The highest BCUT2D eigenvalue weighted by atomic mass is 19.4. The van der Waals surface area contributed by atoms with Gasteiger partial charge in [0.1, 0.15) is 5.76 Å². The van der Waals surface area contributed by atoms with Crippen LogP contribution in [0.15, 0.2) is 64.1 Å². The maximum atomic E-state index is 12.7. The Labute approximate surface area is 196 Å². The molecule has 0 radical (unpaired) electrons. The van der Waals surface area contributed by atoms with Gasteiger partial charge in [0.25, 0.3) is 5.97 Å². The van der Waals surface area contributed by atoms with E-state index in [9.17, 15) is 13.2 Å². The van der Waals surface area contributed by atoms with Crippen LogP contribution in [0.4, 0.5) is 13.2 Å². The molecule has 1 aromatic heterocycles. The largest absolute Gasteiger partial charge is 0.481 e. The van der Waals surface area contributed by atoms with Gasteiger partial charge in [0.15, 0.2) is 0 Å². The zero-order valence-electron chi connectivity index (χ0n) is 19.2. The number of halogens is 3. The second-order valence-electron chi connectivity index (χ2n) is 8.18. The van der Waals surface area contributed by atoms with Gasteiger partial charge < -0.3 is 14.3 Å². The molecular formula is C26H28F3NO4. The van der Waals surface area contributed by atoms with E-state index in [1.807, 2.05) is 6.92 Å². The van der Waals surface area contributed by atoms with Crippen LogP contribution in [0.3, 0.4) is 0 Å². The average Bonchev–Trinajstić information content (AvgIpc) is 3.34. The van der Waals surface area contributed by atoms with E-state index in [-0.39, 0.29) is 6.10 Å². The Bertz CT molecular complexity index is 1070. The van der Waals surface area contributed by atoms with Crippen molar-refractivity contribution in [2.45, 2.75) is 58.2 Å². The molecule has 1 unspecified atom stereocenters. The smallest absolute Gasteiger partial charge is 0.416 e. The number of hydrogen-bond acceptors (Lipinski definition) is 4. The highest BCUT2D eigenvalue weighted by Crippen LogP contribution is 2.32. The molecule has 2 aliphatic carbocycles. The Morgan fingerprint density at radius 3 is 2.59 bits per heavy atom. The highest BCUT2D eigenvalue weighted by Gasteiger charge is 2.30. The number of rotatable bonds is 5. The quantitative estimate of drug-likeness (QED) is 0.488. The van der Waals surface area contributed by atoms with Gasteiger partial charge in [-0.15, -0.1) is 0 Å². The van der Waals surface area contributed by atoms with Gasteiger partial charge in [-0.05, 0) is 62.4 Å². The lowest BCUT2D eigenvalue weighted by atomic mass is 10.0. The molecule has 5 nitrogen and oxygen atoms in total. The molecule has 8 heteroatoms. The first-order valence-corrected chi connectivity index (χ1v) is 11.1. The third kappa shape index (κ3) is 7.18. The van der Waals surface area contributed by atoms with Crippen LogP contribution in [0, 0.1) is 6.92 Å². The monoisotopic (exact) mass is 475 g/mol. The summed E-state index contributed by atoms with van der Waals surface area (Å²) < 4.78 is 50.0. The van der Waals surface area contributed by atoms with Crippen LogP contribution >= 0.6 is 0 Å². The van der Waals surface area contributed by atoms with Crippen molar-refractivity contribution >= 4 is 5.97 Å². The van der Waals surface area contributed by atoms with Crippen LogP contribution in [0.5, 0.6) is 0 Å². The van der Waals surface area contributed by atoms with Crippen molar-refractivity contribution in [1.29, 1.82) is 0 Å². The number of oxazole rings is 1. The maximum Gasteiger partial charge on any atom is 0.416 e. The Hall–Kier alpha value is -3.13. The maximum absolute atomic E-state index is 12.7. The lowest BCUT2D eigenvalue weighted by Crippen LogP contribution is -2.10. The number of alkyl halides is 3. The van der Waals surface area contributed by atoms with Crippen molar-refractivity contribution < 1.29 is 32.2 Å². The molecule has 0 bridgehead atoms. The molecule has 2 aromatic rings. The molecule has 34 heavy (non-hydrogen) atoms. The topological polar surface area (TPSA) is 72.6 Å². The van der Waals surface area contributed by atoms with Gasteiger partial charge in [0, 0.05) is 18.9 Å². The van der Waals surface area contributed by atoms with E-state index in [0.29, 0.717) is 30.2 Å².